The lowest BCUT2D eigenvalue weighted by molar-refractivity contribution is -0.144. The Morgan fingerprint density at radius 1 is 0.662 bits per heavy atom. The first-order valence-corrected chi connectivity index (χ1v) is 25.1. The minimum atomic E-state index is -1.94. The fourth-order valence-corrected chi connectivity index (χ4v) is 8.58. The van der Waals surface area contributed by atoms with Crippen molar-refractivity contribution in [3.8, 4) is 0 Å². The second-order valence-electron chi connectivity index (χ2n) is 19.6. The highest BCUT2D eigenvalue weighted by molar-refractivity contribution is 5.99. The summed E-state index contributed by atoms with van der Waals surface area (Å²) in [6.45, 7) is 6.49. The average molecular weight is 1080 g/mol. The van der Waals surface area contributed by atoms with Gasteiger partial charge in [-0.3, -0.25) is 47.9 Å². The van der Waals surface area contributed by atoms with Crippen LogP contribution in [-0.2, 0) is 65.6 Å². The number of carboxylic acids is 2. The van der Waals surface area contributed by atoms with Crippen LogP contribution in [0.2, 0.25) is 0 Å². The highest BCUT2D eigenvalue weighted by Gasteiger charge is 2.42. The lowest BCUT2D eigenvalue weighted by Crippen LogP contribution is -2.62. The molecule has 1 aromatic heterocycles. The second kappa shape index (κ2) is 28.8. The maximum absolute atomic E-state index is 14.4. The molecule has 420 valence electrons. The molecule has 16 N–H and O–H groups in total. The lowest BCUT2D eigenvalue weighted by atomic mass is 10.00. The number of fused-ring (bicyclic) bond motifs is 1. The number of primary amides is 1. The van der Waals surface area contributed by atoms with Gasteiger partial charge >= 0.3 is 11.9 Å². The number of rotatable bonds is 29. The van der Waals surface area contributed by atoms with Gasteiger partial charge in [0.05, 0.1) is 25.2 Å². The highest BCUT2D eigenvalue weighted by Crippen LogP contribution is 2.22. The van der Waals surface area contributed by atoms with Crippen molar-refractivity contribution in [1.29, 1.82) is 0 Å². The van der Waals surface area contributed by atoms with Gasteiger partial charge in [0.1, 0.15) is 48.3 Å². The van der Waals surface area contributed by atoms with Crippen molar-refractivity contribution in [2.75, 3.05) is 13.2 Å². The number of likely N-dealkylation sites (tertiary alicyclic amines) is 1. The van der Waals surface area contributed by atoms with E-state index in [4.69, 9.17) is 11.5 Å². The number of nitrogens with zero attached hydrogens (tertiary/aromatic N) is 1. The van der Waals surface area contributed by atoms with E-state index in [0.29, 0.717) is 17.5 Å². The van der Waals surface area contributed by atoms with Crippen molar-refractivity contribution >= 4 is 76.0 Å². The summed E-state index contributed by atoms with van der Waals surface area (Å²) in [4.78, 5) is 150. The molecule has 0 aliphatic carbocycles. The van der Waals surface area contributed by atoms with Crippen molar-refractivity contribution in [3.63, 3.8) is 0 Å². The number of para-hydroxylation sites is 1. The van der Waals surface area contributed by atoms with Gasteiger partial charge < -0.3 is 79.0 Å². The van der Waals surface area contributed by atoms with Crippen molar-refractivity contribution in [2.45, 2.75) is 140 Å². The van der Waals surface area contributed by atoms with Gasteiger partial charge in [-0.25, -0.2) is 4.79 Å². The first kappa shape index (κ1) is 61.6. The molecule has 26 nitrogen and oxygen atoms in total. The molecule has 9 amide bonds. The SMILES string of the molecule is CC(C)[C@H](NC(=O)[C@H](CO)NC(=O)[C@H](Cc1ccccc1)NC(=O)[C@@H]1CCCN1C(=O)[C@@H](NC(=O)[C@H](CCC(N)=O)NC(=O)[C@H](CC(=O)O)NC(=O)[C@@H](NC(=O)[C@@H](N)Cc1c[nH]c2ccccc12)[C@@H](C)O)C(C)C)C(=O)O. The number of aliphatic carboxylic acids is 2. The molecule has 2 aromatic carbocycles. The maximum atomic E-state index is 14.4. The van der Waals surface area contributed by atoms with E-state index in [2.05, 4.69) is 42.2 Å². The smallest absolute Gasteiger partial charge is 0.326 e. The van der Waals surface area contributed by atoms with Crippen LogP contribution in [-0.4, -0.2) is 169 Å². The predicted octanol–water partition coefficient (Wildman–Crippen LogP) is -2.83. The zero-order valence-corrected chi connectivity index (χ0v) is 43.4. The Labute approximate surface area is 443 Å². The molecule has 4 rings (SSSR count). The van der Waals surface area contributed by atoms with Gasteiger partial charge in [-0.05, 0) is 61.6 Å². The number of aromatic nitrogens is 1. The summed E-state index contributed by atoms with van der Waals surface area (Å²) in [6, 6.07) is 2.12. The van der Waals surface area contributed by atoms with E-state index in [1.54, 1.807) is 70.3 Å². The van der Waals surface area contributed by atoms with Crippen LogP contribution >= 0.6 is 0 Å². The number of nitrogens with two attached hydrogens (primary N) is 2. The summed E-state index contributed by atoms with van der Waals surface area (Å²) in [7, 11) is 0. The van der Waals surface area contributed by atoms with E-state index in [-0.39, 0.29) is 25.8 Å². The molecule has 3 aromatic rings. The zero-order chi connectivity index (χ0) is 57.3. The summed E-state index contributed by atoms with van der Waals surface area (Å²) in [5.41, 5.74) is 13.6. The zero-order valence-electron chi connectivity index (χ0n) is 43.4. The molecule has 10 atom stereocenters. The number of H-pyrrole nitrogens is 1. The number of carbonyl (C=O) groups excluding carboxylic acids is 9. The van der Waals surface area contributed by atoms with Gasteiger partial charge in [-0.15, -0.1) is 0 Å². The molecule has 0 bridgehead atoms. The van der Waals surface area contributed by atoms with Gasteiger partial charge in [0.25, 0.3) is 0 Å². The molecule has 1 aliphatic heterocycles. The minimum absolute atomic E-state index is 0.0151. The van der Waals surface area contributed by atoms with Crippen LogP contribution in [0.25, 0.3) is 10.9 Å². The number of amides is 9. The molecule has 1 fully saturated rings. The van der Waals surface area contributed by atoms with E-state index < -0.39 is 163 Å². The Morgan fingerprint density at radius 3 is 1.82 bits per heavy atom. The summed E-state index contributed by atoms with van der Waals surface area (Å²) in [6.07, 6.45) is -1.66. The highest BCUT2D eigenvalue weighted by atomic mass is 16.4. The fourth-order valence-electron chi connectivity index (χ4n) is 8.58. The van der Waals surface area contributed by atoms with Crippen molar-refractivity contribution in [1.82, 2.24) is 47.1 Å². The normalized spacial score (nSPS) is 16.8. The molecule has 0 radical (unpaired) electrons. The lowest BCUT2D eigenvalue weighted by Gasteiger charge is -2.32. The molecular weight excluding hydrogens is 1010 g/mol. The Morgan fingerprint density at radius 2 is 1.22 bits per heavy atom. The first-order valence-electron chi connectivity index (χ1n) is 25.1. The third-order valence-corrected chi connectivity index (χ3v) is 12.9. The monoisotopic (exact) mass is 1080 g/mol. The van der Waals surface area contributed by atoms with Crippen LogP contribution in [0, 0.1) is 11.8 Å². The van der Waals surface area contributed by atoms with Crippen LogP contribution in [0.15, 0.2) is 60.8 Å². The van der Waals surface area contributed by atoms with E-state index in [9.17, 15) is 73.2 Å². The summed E-state index contributed by atoms with van der Waals surface area (Å²) in [5.74, 6) is -12.9. The second-order valence-corrected chi connectivity index (χ2v) is 19.6. The Hall–Kier alpha value is -7.97. The molecule has 0 saturated carbocycles. The summed E-state index contributed by atoms with van der Waals surface area (Å²) in [5, 5.41) is 57.5. The number of carbonyl (C=O) groups is 11. The molecule has 26 heteroatoms. The maximum Gasteiger partial charge on any atom is 0.326 e. The topological polar surface area (TPSA) is 424 Å². The van der Waals surface area contributed by atoms with Gasteiger partial charge in [-0.1, -0.05) is 76.2 Å². The number of benzene rings is 2. The minimum Gasteiger partial charge on any atom is -0.481 e. The number of hydrogen-bond donors (Lipinski definition) is 14. The third kappa shape index (κ3) is 17.8. The van der Waals surface area contributed by atoms with E-state index in [1.807, 2.05) is 18.2 Å². The molecular formula is C51H71N11O15. The predicted molar refractivity (Wildman–Crippen MR) is 275 cm³/mol. The standard InChI is InChI=1S/C51H71N11O15/c1-25(2)40(50(75)62-19-11-16-37(62)48(73)56-34(20-28-12-7-6-8-13-28)45(70)58-36(24-63)47(72)60-41(26(3)4)51(76)77)59-44(69)33(17-18-38(53)65)55-46(71)35(22-39(66)67)57-49(74)42(27(5)64)61-43(68)31(52)21-29-23-54-32-15-10-9-14-30(29)32/h6-10,12-15,23,25-27,31,33-37,40-42,54,63-64H,11,16-22,24,52H2,1-5H3,(H2,53,65)(H,55,71)(H,56,73)(H,57,74)(H,58,70)(H,59,69)(H,60,72)(H,61,68)(H,66,67)(H,76,77)/t27-,31+,33+,34+,35+,36+,37+,40+,41+,42+/m1/s1. The first-order chi connectivity index (χ1) is 36.3. The van der Waals surface area contributed by atoms with Gasteiger partial charge in [0.2, 0.25) is 53.2 Å². The molecule has 0 unspecified atom stereocenters. The summed E-state index contributed by atoms with van der Waals surface area (Å²) < 4.78 is 0. The molecule has 1 aliphatic rings. The van der Waals surface area contributed by atoms with Gasteiger partial charge in [0, 0.05) is 36.5 Å². The van der Waals surface area contributed by atoms with E-state index >= 15 is 0 Å². The van der Waals surface area contributed by atoms with Crippen LogP contribution in [0.5, 0.6) is 0 Å². The van der Waals surface area contributed by atoms with Crippen LogP contribution in [0.4, 0.5) is 0 Å². The van der Waals surface area contributed by atoms with Gasteiger partial charge in [0.15, 0.2) is 0 Å². The molecule has 1 saturated heterocycles. The molecule has 0 spiro atoms. The third-order valence-electron chi connectivity index (χ3n) is 12.9. The van der Waals surface area contributed by atoms with E-state index in [1.165, 1.54) is 4.90 Å². The van der Waals surface area contributed by atoms with Crippen molar-refractivity contribution in [3.05, 3.63) is 71.9 Å². The number of aromatic amines is 1. The average Bonchev–Trinajstić information content (AvgIpc) is 4.04. The molecule has 77 heavy (non-hydrogen) atoms. The Kier molecular flexibility index (Phi) is 23.0. The molecule has 2 heterocycles. The van der Waals surface area contributed by atoms with Crippen molar-refractivity contribution in [2.24, 2.45) is 23.3 Å². The Bertz CT molecular complexity index is 2610. The largest absolute Gasteiger partial charge is 0.481 e. The van der Waals surface area contributed by atoms with Crippen LogP contribution in [0.3, 0.4) is 0 Å². The van der Waals surface area contributed by atoms with Crippen LogP contribution < -0.4 is 48.7 Å². The number of aliphatic hydroxyl groups excluding tert-OH is 2. The number of aliphatic hydroxyl groups is 2. The van der Waals surface area contributed by atoms with Crippen LogP contribution in [0.1, 0.15) is 77.8 Å². The summed E-state index contributed by atoms with van der Waals surface area (Å²) >= 11 is 0. The Balaban J connectivity index is 1.50. The van der Waals surface area contributed by atoms with Crippen molar-refractivity contribution < 1.29 is 73.2 Å². The van der Waals surface area contributed by atoms with E-state index in [0.717, 1.165) is 17.8 Å². The quantitative estimate of drug-likeness (QED) is 0.0333. The number of carboxylic acid groups (broad SMARTS) is 2. The van der Waals surface area contributed by atoms with Gasteiger partial charge in [-0.2, -0.15) is 0 Å². The number of nitrogens with one attached hydrogen (secondary N) is 8. The number of hydrogen-bond acceptors (Lipinski definition) is 14. The fraction of sp³-hybridized carbons (Fsp3) is 0.510.